The fourth-order valence-electron chi connectivity index (χ4n) is 2.74. The molecule has 0 aliphatic carbocycles. The van der Waals surface area contributed by atoms with Crippen molar-refractivity contribution in [2.75, 3.05) is 43.1 Å². The summed E-state index contributed by atoms with van der Waals surface area (Å²) in [5.74, 6) is 0.849. The molecule has 2 aromatic rings. The number of hydrogen-bond donors (Lipinski definition) is 1. The molecule has 0 unspecified atom stereocenters. The third-order valence-corrected chi connectivity index (χ3v) is 4.39. The molecule has 1 fully saturated rings. The molecule has 0 atom stereocenters. The van der Waals surface area contributed by atoms with E-state index in [0.717, 1.165) is 55.0 Å². The van der Waals surface area contributed by atoms with Gasteiger partial charge >= 0.3 is 0 Å². The lowest BCUT2D eigenvalue weighted by molar-refractivity contribution is 0.122. The van der Waals surface area contributed by atoms with Gasteiger partial charge in [-0.3, -0.25) is 0 Å². The predicted molar refractivity (Wildman–Crippen MR) is 104 cm³/mol. The maximum absolute atomic E-state index is 6.47. The van der Waals surface area contributed by atoms with E-state index in [2.05, 4.69) is 41.1 Å². The lowest BCUT2D eigenvalue weighted by atomic mass is 10.2. The molecule has 1 aliphatic heterocycles. The van der Waals surface area contributed by atoms with E-state index in [0.29, 0.717) is 6.61 Å². The van der Waals surface area contributed by atoms with Crippen LogP contribution in [-0.4, -0.2) is 32.9 Å². The third kappa shape index (κ3) is 4.91. The van der Waals surface area contributed by atoms with Crippen LogP contribution in [0.15, 0.2) is 55.1 Å². The van der Waals surface area contributed by atoms with Crippen LogP contribution in [0, 0.1) is 0 Å². The van der Waals surface area contributed by atoms with E-state index < -0.39 is 0 Å². The van der Waals surface area contributed by atoms with Gasteiger partial charge in [0.2, 0.25) is 0 Å². The smallest absolute Gasteiger partial charge is 0.119 e. The number of ether oxygens (including phenoxy) is 2. The Labute approximate surface area is 154 Å². The molecule has 0 aromatic heterocycles. The Kier molecular flexibility index (Phi) is 6.20. The van der Waals surface area contributed by atoms with Gasteiger partial charge in [-0.1, -0.05) is 36.4 Å². The van der Waals surface area contributed by atoms with Gasteiger partial charge in [0.1, 0.15) is 12.4 Å². The fourth-order valence-corrected chi connectivity index (χ4v) is 3.04. The van der Waals surface area contributed by atoms with Crippen molar-refractivity contribution in [3.63, 3.8) is 0 Å². The van der Waals surface area contributed by atoms with Crippen LogP contribution in [0.5, 0.6) is 5.75 Å². The molecule has 2 aromatic carbocycles. The van der Waals surface area contributed by atoms with Gasteiger partial charge in [0.25, 0.3) is 0 Å². The monoisotopic (exact) mass is 358 g/mol. The van der Waals surface area contributed by atoms with Gasteiger partial charge in [0.05, 0.1) is 23.9 Å². The van der Waals surface area contributed by atoms with Crippen LogP contribution in [0.4, 0.5) is 11.4 Å². The number of hydrogen-bond acceptors (Lipinski definition) is 4. The summed E-state index contributed by atoms with van der Waals surface area (Å²) >= 11 is 6.47. The molecule has 1 aliphatic rings. The summed E-state index contributed by atoms with van der Waals surface area (Å²) < 4.78 is 10.9. The maximum Gasteiger partial charge on any atom is 0.119 e. The molecule has 0 amide bonds. The molecule has 0 saturated carbocycles. The zero-order chi connectivity index (χ0) is 17.5. The highest BCUT2D eigenvalue weighted by Crippen LogP contribution is 2.29. The summed E-state index contributed by atoms with van der Waals surface area (Å²) in [7, 11) is 0. The van der Waals surface area contributed by atoms with Crippen molar-refractivity contribution in [1.29, 1.82) is 0 Å². The first-order valence-corrected chi connectivity index (χ1v) is 8.83. The number of halogens is 1. The highest BCUT2D eigenvalue weighted by atomic mass is 35.5. The lowest BCUT2D eigenvalue weighted by Crippen LogP contribution is -2.36. The topological polar surface area (TPSA) is 33.7 Å². The van der Waals surface area contributed by atoms with E-state index in [1.807, 2.05) is 18.2 Å². The highest BCUT2D eigenvalue weighted by Gasteiger charge is 2.14. The largest absolute Gasteiger partial charge is 0.490 e. The fraction of sp³-hybridized carbons (Fsp3) is 0.300. The predicted octanol–water partition coefficient (Wildman–Crippen LogP) is 4.35. The molecule has 1 N–H and O–H groups in total. The average Bonchev–Trinajstić information content (AvgIpc) is 2.66. The van der Waals surface area contributed by atoms with Gasteiger partial charge < -0.3 is 19.7 Å². The van der Waals surface area contributed by atoms with Gasteiger partial charge in [-0.25, -0.2) is 0 Å². The van der Waals surface area contributed by atoms with Crippen molar-refractivity contribution in [1.82, 2.24) is 0 Å². The van der Waals surface area contributed by atoms with E-state index in [9.17, 15) is 0 Å². The molecule has 4 nitrogen and oxygen atoms in total. The van der Waals surface area contributed by atoms with Gasteiger partial charge in [-0.15, -0.1) is 0 Å². The average molecular weight is 359 g/mol. The molecule has 25 heavy (non-hydrogen) atoms. The molecule has 0 spiro atoms. The van der Waals surface area contributed by atoms with E-state index >= 15 is 0 Å². The summed E-state index contributed by atoms with van der Waals surface area (Å²) in [6, 6.07) is 14.2. The Bertz CT molecular complexity index is 697. The quantitative estimate of drug-likeness (QED) is 0.746. The second kappa shape index (κ2) is 8.79. The SMILES string of the molecule is C=CCOc1ccc(CNc2ccc(N3CCOCC3)c(Cl)c2)cc1. The van der Waals surface area contributed by atoms with Crippen molar-refractivity contribution in [2.24, 2.45) is 0 Å². The van der Waals surface area contributed by atoms with E-state index in [-0.39, 0.29) is 0 Å². The lowest BCUT2D eigenvalue weighted by Gasteiger charge is -2.29. The van der Waals surface area contributed by atoms with Crippen molar-refractivity contribution < 1.29 is 9.47 Å². The van der Waals surface area contributed by atoms with Crippen molar-refractivity contribution in [3.05, 3.63) is 65.7 Å². The highest BCUT2D eigenvalue weighted by molar-refractivity contribution is 6.33. The molecule has 3 rings (SSSR count). The Morgan fingerprint density at radius 2 is 1.92 bits per heavy atom. The number of nitrogens with zero attached hydrogens (tertiary/aromatic N) is 1. The normalized spacial score (nSPS) is 14.2. The number of benzene rings is 2. The van der Waals surface area contributed by atoms with E-state index in [1.54, 1.807) is 6.08 Å². The van der Waals surface area contributed by atoms with Crippen LogP contribution in [-0.2, 0) is 11.3 Å². The van der Waals surface area contributed by atoms with Crippen LogP contribution in [0.25, 0.3) is 0 Å². The third-order valence-electron chi connectivity index (χ3n) is 4.09. The second-order valence-corrected chi connectivity index (χ2v) is 6.27. The van der Waals surface area contributed by atoms with Crippen molar-refractivity contribution in [2.45, 2.75) is 6.54 Å². The first kappa shape index (κ1) is 17.6. The number of nitrogens with one attached hydrogen (secondary N) is 1. The Balaban J connectivity index is 1.57. The number of rotatable bonds is 7. The summed E-state index contributed by atoms with van der Waals surface area (Å²) in [6.07, 6.45) is 1.74. The molecule has 0 radical (unpaired) electrons. The molecular weight excluding hydrogens is 336 g/mol. The van der Waals surface area contributed by atoms with Crippen LogP contribution >= 0.6 is 11.6 Å². The summed E-state index contributed by atoms with van der Waals surface area (Å²) in [5, 5.41) is 4.17. The Hall–Kier alpha value is -2.17. The Morgan fingerprint density at radius 3 is 2.60 bits per heavy atom. The molecular formula is C20H23ClN2O2. The number of anilines is 2. The number of morpholine rings is 1. The van der Waals surface area contributed by atoms with Crippen LogP contribution in [0.1, 0.15) is 5.56 Å². The van der Waals surface area contributed by atoms with Gasteiger partial charge in [0.15, 0.2) is 0 Å². The second-order valence-electron chi connectivity index (χ2n) is 5.86. The molecule has 1 saturated heterocycles. The molecule has 0 bridgehead atoms. The zero-order valence-electron chi connectivity index (χ0n) is 14.2. The van der Waals surface area contributed by atoms with Crippen LogP contribution < -0.4 is 15.0 Å². The van der Waals surface area contributed by atoms with Crippen LogP contribution in [0.3, 0.4) is 0 Å². The van der Waals surface area contributed by atoms with Gasteiger partial charge in [0, 0.05) is 25.3 Å². The Morgan fingerprint density at radius 1 is 1.16 bits per heavy atom. The van der Waals surface area contributed by atoms with Gasteiger partial charge in [-0.2, -0.15) is 0 Å². The first-order chi connectivity index (χ1) is 12.3. The molecule has 1 heterocycles. The minimum atomic E-state index is 0.519. The standard InChI is InChI=1S/C20H23ClN2O2/c1-2-11-25-18-6-3-16(4-7-18)15-22-17-5-8-20(19(21)14-17)23-9-12-24-13-10-23/h2-8,14,22H,1,9-13,15H2. The van der Waals surface area contributed by atoms with E-state index in [4.69, 9.17) is 21.1 Å². The molecule has 132 valence electrons. The van der Waals surface area contributed by atoms with E-state index in [1.165, 1.54) is 5.56 Å². The summed E-state index contributed by atoms with van der Waals surface area (Å²) in [4.78, 5) is 2.26. The maximum atomic E-state index is 6.47. The van der Waals surface area contributed by atoms with Crippen LogP contribution in [0.2, 0.25) is 5.02 Å². The molecule has 5 heteroatoms. The van der Waals surface area contributed by atoms with Gasteiger partial charge in [-0.05, 0) is 35.9 Å². The zero-order valence-corrected chi connectivity index (χ0v) is 15.0. The minimum Gasteiger partial charge on any atom is -0.490 e. The first-order valence-electron chi connectivity index (χ1n) is 8.45. The minimum absolute atomic E-state index is 0.519. The van der Waals surface area contributed by atoms with Crippen molar-refractivity contribution in [3.8, 4) is 5.75 Å². The summed E-state index contributed by atoms with van der Waals surface area (Å²) in [5.41, 5.74) is 3.26. The summed E-state index contributed by atoms with van der Waals surface area (Å²) in [6.45, 7) is 8.16. The van der Waals surface area contributed by atoms with Crippen molar-refractivity contribution >= 4 is 23.0 Å².